The maximum atomic E-state index is 11.7. The summed E-state index contributed by atoms with van der Waals surface area (Å²) in [6.07, 6.45) is 0. The van der Waals surface area contributed by atoms with Gasteiger partial charge < -0.3 is 20.5 Å². The largest absolute Gasteiger partial charge is 0.478 e. The highest BCUT2D eigenvalue weighted by molar-refractivity contribution is 6.34. The van der Waals surface area contributed by atoms with Gasteiger partial charge in [0.25, 0.3) is 0 Å². The molecule has 0 aliphatic carbocycles. The number of carbonyl (C=O) groups excluding carboxylic acids is 1. The van der Waals surface area contributed by atoms with Crippen LogP contribution in [0, 0.1) is 0 Å². The van der Waals surface area contributed by atoms with E-state index in [1.165, 1.54) is 18.2 Å². The molecule has 0 radical (unpaired) electrons. The van der Waals surface area contributed by atoms with Gasteiger partial charge in [-0.15, -0.1) is 0 Å². The molecule has 0 heterocycles. The van der Waals surface area contributed by atoms with Gasteiger partial charge in [-0.1, -0.05) is 11.6 Å². The molecule has 2 amide bonds. The minimum Gasteiger partial charge on any atom is -0.478 e. The number of amides is 2. The molecular weight excluding hydrogens is 284 g/mol. The molecule has 6 nitrogen and oxygen atoms in total. The van der Waals surface area contributed by atoms with E-state index in [1.54, 1.807) is 0 Å². The van der Waals surface area contributed by atoms with Crippen molar-refractivity contribution in [1.82, 2.24) is 5.32 Å². The second kappa shape index (κ2) is 7.72. The Morgan fingerprint density at radius 3 is 2.70 bits per heavy atom. The Morgan fingerprint density at radius 1 is 1.45 bits per heavy atom. The highest BCUT2D eigenvalue weighted by atomic mass is 35.5. The van der Waals surface area contributed by atoms with Gasteiger partial charge in [0.2, 0.25) is 0 Å². The Morgan fingerprint density at radius 2 is 2.15 bits per heavy atom. The third-order valence-corrected chi connectivity index (χ3v) is 2.73. The molecule has 1 unspecified atom stereocenters. The van der Waals surface area contributed by atoms with Crippen molar-refractivity contribution in [3.05, 3.63) is 28.8 Å². The second-order valence-electron chi connectivity index (χ2n) is 4.16. The van der Waals surface area contributed by atoms with Gasteiger partial charge in [0, 0.05) is 6.61 Å². The summed E-state index contributed by atoms with van der Waals surface area (Å²) < 4.78 is 5.18. The van der Waals surface area contributed by atoms with Gasteiger partial charge in [-0.2, -0.15) is 0 Å². The Kier molecular flexibility index (Phi) is 6.27. The van der Waals surface area contributed by atoms with Crippen molar-refractivity contribution >= 4 is 29.3 Å². The van der Waals surface area contributed by atoms with E-state index >= 15 is 0 Å². The summed E-state index contributed by atoms with van der Waals surface area (Å²) in [5.41, 5.74) is 0.406. The molecule has 3 N–H and O–H groups in total. The number of hydrogen-bond donors (Lipinski definition) is 3. The quantitative estimate of drug-likeness (QED) is 0.753. The summed E-state index contributed by atoms with van der Waals surface area (Å²) in [5, 5.41) is 14.2. The van der Waals surface area contributed by atoms with Crippen molar-refractivity contribution in [2.45, 2.75) is 19.9 Å². The zero-order chi connectivity index (χ0) is 15.1. The summed E-state index contributed by atoms with van der Waals surface area (Å²) in [6, 6.07) is 3.52. The molecule has 0 saturated carbocycles. The molecule has 110 valence electrons. The number of rotatable bonds is 6. The van der Waals surface area contributed by atoms with Gasteiger partial charge in [0.15, 0.2) is 0 Å². The van der Waals surface area contributed by atoms with Gasteiger partial charge in [-0.05, 0) is 32.0 Å². The van der Waals surface area contributed by atoms with E-state index in [0.29, 0.717) is 18.9 Å². The van der Waals surface area contributed by atoms with Gasteiger partial charge in [0.05, 0.1) is 28.9 Å². The third-order valence-electron chi connectivity index (χ3n) is 2.41. The average Bonchev–Trinajstić information content (AvgIpc) is 2.38. The lowest BCUT2D eigenvalue weighted by Crippen LogP contribution is -2.38. The van der Waals surface area contributed by atoms with E-state index in [1.807, 2.05) is 13.8 Å². The number of benzene rings is 1. The minimum absolute atomic E-state index is 0.0608. The van der Waals surface area contributed by atoms with Crippen LogP contribution in [0.25, 0.3) is 0 Å². The van der Waals surface area contributed by atoms with E-state index in [2.05, 4.69) is 10.6 Å². The van der Waals surface area contributed by atoms with Crippen LogP contribution >= 0.6 is 11.6 Å². The van der Waals surface area contributed by atoms with Crippen molar-refractivity contribution in [3.8, 4) is 0 Å². The smallest absolute Gasteiger partial charge is 0.335 e. The fraction of sp³-hybridized carbons (Fsp3) is 0.385. The standard InChI is InChI=1S/C13H17ClN2O4/c1-3-20-7-8(2)15-13(19)16-11-5-4-9(12(17)18)6-10(11)14/h4-6,8H,3,7H2,1-2H3,(H,17,18)(H2,15,16,19). The van der Waals surface area contributed by atoms with Gasteiger partial charge >= 0.3 is 12.0 Å². The van der Waals surface area contributed by atoms with Crippen molar-refractivity contribution in [2.75, 3.05) is 18.5 Å². The number of carboxylic acids is 1. The topological polar surface area (TPSA) is 87.7 Å². The minimum atomic E-state index is -1.08. The zero-order valence-electron chi connectivity index (χ0n) is 11.3. The number of hydrogen-bond acceptors (Lipinski definition) is 3. The predicted molar refractivity (Wildman–Crippen MR) is 76.5 cm³/mol. The van der Waals surface area contributed by atoms with Crippen LogP contribution in [0.5, 0.6) is 0 Å². The highest BCUT2D eigenvalue weighted by Crippen LogP contribution is 2.22. The Hall–Kier alpha value is -1.79. The number of nitrogens with one attached hydrogen (secondary N) is 2. The summed E-state index contributed by atoms with van der Waals surface area (Å²) in [6.45, 7) is 4.67. The van der Waals surface area contributed by atoms with Crippen molar-refractivity contribution < 1.29 is 19.4 Å². The molecule has 0 aliphatic rings. The molecule has 0 aliphatic heterocycles. The fourth-order valence-electron chi connectivity index (χ4n) is 1.47. The summed E-state index contributed by atoms with van der Waals surface area (Å²) in [5.74, 6) is -1.08. The number of urea groups is 1. The molecule has 1 aromatic carbocycles. The number of halogens is 1. The summed E-state index contributed by atoms with van der Waals surface area (Å²) in [4.78, 5) is 22.5. The first-order valence-electron chi connectivity index (χ1n) is 6.12. The van der Waals surface area contributed by atoms with Crippen molar-refractivity contribution in [1.29, 1.82) is 0 Å². The van der Waals surface area contributed by atoms with Crippen LogP contribution < -0.4 is 10.6 Å². The molecule has 1 atom stereocenters. The third kappa shape index (κ3) is 5.07. The number of aromatic carboxylic acids is 1. The lowest BCUT2D eigenvalue weighted by molar-refractivity contribution is 0.0697. The van der Waals surface area contributed by atoms with E-state index in [-0.39, 0.29) is 16.6 Å². The van der Waals surface area contributed by atoms with Crippen LogP contribution in [-0.2, 0) is 4.74 Å². The Labute approximate surface area is 122 Å². The predicted octanol–water partition coefficient (Wildman–Crippen LogP) is 2.58. The van der Waals surface area contributed by atoms with Crippen LogP contribution in [-0.4, -0.2) is 36.4 Å². The molecule has 0 spiro atoms. The summed E-state index contributed by atoms with van der Waals surface area (Å²) >= 11 is 5.91. The SMILES string of the molecule is CCOCC(C)NC(=O)Nc1ccc(C(=O)O)cc1Cl. The zero-order valence-corrected chi connectivity index (χ0v) is 12.0. The van der Waals surface area contributed by atoms with Gasteiger partial charge in [0.1, 0.15) is 0 Å². The van der Waals surface area contributed by atoms with E-state index < -0.39 is 12.0 Å². The van der Waals surface area contributed by atoms with Crippen LogP contribution in [0.15, 0.2) is 18.2 Å². The lowest BCUT2D eigenvalue weighted by Gasteiger charge is -2.15. The lowest BCUT2D eigenvalue weighted by atomic mass is 10.2. The van der Waals surface area contributed by atoms with Crippen LogP contribution in [0.2, 0.25) is 5.02 Å². The number of carbonyl (C=O) groups is 2. The number of anilines is 1. The fourth-order valence-corrected chi connectivity index (χ4v) is 1.70. The molecule has 1 rings (SSSR count). The van der Waals surface area contributed by atoms with Crippen LogP contribution in [0.4, 0.5) is 10.5 Å². The molecular formula is C13H17ClN2O4. The first-order valence-corrected chi connectivity index (χ1v) is 6.50. The first-order chi connectivity index (χ1) is 9.43. The monoisotopic (exact) mass is 300 g/mol. The van der Waals surface area contributed by atoms with E-state index in [4.69, 9.17) is 21.4 Å². The molecule has 0 saturated heterocycles. The van der Waals surface area contributed by atoms with Crippen LogP contribution in [0.3, 0.4) is 0 Å². The maximum absolute atomic E-state index is 11.7. The van der Waals surface area contributed by atoms with Gasteiger partial charge in [-0.3, -0.25) is 0 Å². The number of carboxylic acid groups (broad SMARTS) is 1. The van der Waals surface area contributed by atoms with Crippen molar-refractivity contribution in [3.63, 3.8) is 0 Å². The van der Waals surface area contributed by atoms with Crippen LogP contribution in [0.1, 0.15) is 24.2 Å². The van der Waals surface area contributed by atoms with Crippen molar-refractivity contribution in [2.24, 2.45) is 0 Å². The maximum Gasteiger partial charge on any atom is 0.335 e. The average molecular weight is 301 g/mol. The van der Waals surface area contributed by atoms with E-state index in [0.717, 1.165) is 0 Å². The van der Waals surface area contributed by atoms with E-state index in [9.17, 15) is 9.59 Å². The summed E-state index contributed by atoms with van der Waals surface area (Å²) in [7, 11) is 0. The first kappa shape index (κ1) is 16.3. The molecule has 7 heteroatoms. The Bertz CT molecular complexity index is 493. The second-order valence-corrected chi connectivity index (χ2v) is 4.57. The molecule has 0 fully saturated rings. The molecule has 0 bridgehead atoms. The molecule has 20 heavy (non-hydrogen) atoms. The number of ether oxygens (including phenoxy) is 1. The highest BCUT2D eigenvalue weighted by Gasteiger charge is 2.11. The Balaban J connectivity index is 2.60. The molecule has 0 aromatic heterocycles. The normalized spacial score (nSPS) is 11.8. The molecule has 1 aromatic rings. The van der Waals surface area contributed by atoms with Gasteiger partial charge in [-0.25, -0.2) is 9.59 Å².